The molecule has 4 fully saturated rings. The van der Waals surface area contributed by atoms with Crippen LogP contribution in [0.2, 0.25) is 0 Å². The van der Waals surface area contributed by atoms with Crippen LogP contribution in [-0.4, -0.2) is 82.8 Å². The number of halogens is 2. The van der Waals surface area contributed by atoms with Gasteiger partial charge in [-0.2, -0.15) is 9.97 Å². The van der Waals surface area contributed by atoms with Gasteiger partial charge >= 0.3 is 6.01 Å². The lowest BCUT2D eigenvalue weighted by Gasteiger charge is -2.35. The summed E-state index contributed by atoms with van der Waals surface area (Å²) in [5.74, 6) is 0.0290. The average Bonchev–Trinajstić information content (AvgIpc) is 3.38. The first-order valence-electron chi connectivity index (χ1n) is 16.6. The lowest BCUT2D eigenvalue weighted by Crippen LogP contribution is -2.44. The van der Waals surface area contributed by atoms with Crippen molar-refractivity contribution in [2.24, 2.45) is 11.8 Å². The Bertz CT molecular complexity index is 1490. The number of nitrogens with zero attached hydrogens (tertiary/aromatic N) is 5. The summed E-state index contributed by atoms with van der Waals surface area (Å²) in [7, 11) is 0. The number of ether oxygens (including phenoxy) is 1. The maximum atomic E-state index is 14.4. The maximum Gasteiger partial charge on any atom is 0.318 e. The number of nitrogens with one attached hydrogen (secondary N) is 1. The Morgan fingerprint density at radius 1 is 1.11 bits per heavy atom. The molecule has 5 atom stereocenters. The Hall–Kier alpha value is -3.27. The van der Waals surface area contributed by atoms with Gasteiger partial charge in [0.1, 0.15) is 18.6 Å². The zero-order chi connectivity index (χ0) is 30.0. The Balaban J connectivity index is 1.07. The van der Waals surface area contributed by atoms with Crippen molar-refractivity contribution in [1.82, 2.24) is 19.8 Å². The molecule has 1 N–H and O–H groups in total. The molecule has 1 amide bonds. The fourth-order valence-corrected chi connectivity index (χ4v) is 8.95. The molecule has 0 radical (unpaired) electrons. The van der Waals surface area contributed by atoms with Crippen LogP contribution in [0.5, 0.6) is 6.01 Å². The van der Waals surface area contributed by atoms with Crippen LogP contribution in [0, 0.1) is 11.8 Å². The van der Waals surface area contributed by atoms with Crippen molar-refractivity contribution in [3.05, 3.63) is 53.0 Å². The summed E-state index contributed by atoms with van der Waals surface area (Å²) in [6.07, 6.45) is 8.20. The van der Waals surface area contributed by atoms with E-state index in [1.165, 1.54) is 29.7 Å². The molecule has 8 rings (SSSR count). The van der Waals surface area contributed by atoms with Gasteiger partial charge in [0.25, 0.3) is 5.91 Å². The normalized spacial score (nSPS) is 30.4. The molecule has 6 aliphatic rings. The van der Waals surface area contributed by atoms with E-state index in [0.29, 0.717) is 57.1 Å². The van der Waals surface area contributed by atoms with E-state index in [1.54, 1.807) is 4.90 Å². The molecule has 0 bridgehead atoms. The molecular weight excluding hydrogens is 562 g/mol. The van der Waals surface area contributed by atoms with Crippen LogP contribution in [0.3, 0.4) is 0 Å². The molecule has 2 aromatic rings. The number of hydrogen-bond donors (Lipinski definition) is 1. The van der Waals surface area contributed by atoms with Gasteiger partial charge in [-0.15, -0.1) is 0 Å². The topological polar surface area (TPSA) is 73.8 Å². The van der Waals surface area contributed by atoms with Crippen molar-refractivity contribution >= 4 is 17.4 Å². The third-order valence-corrected chi connectivity index (χ3v) is 11.3. The Morgan fingerprint density at radius 2 is 2.00 bits per heavy atom. The molecule has 5 heterocycles. The van der Waals surface area contributed by atoms with Crippen LogP contribution < -0.4 is 15.0 Å². The summed E-state index contributed by atoms with van der Waals surface area (Å²) in [6.45, 7) is 7.59. The quantitative estimate of drug-likeness (QED) is 0.441. The number of fused-ring (bicyclic) bond motifs is 4. The van der Waals surface area contributed by atoms with Gasteiger partial charge in [0, 0.05) is 43.9 Å². The molecule has 8 nitrogen and oxygen atoms in total. The molecule has 1 saturated carbocycles. The highest BCUT2D eigenvalue weighted by Gasteiger charge is 2.54. The van der Waals surface area contributed by atoms with Gasteiger partial charge in [0.15, 0.2) is 5.83 Å². The number of alkyl halides is 1. The van der Waals surface area contributed by atoms with E-state index in [-0.39, 0.29) is 11.6 Å². The molecule has 1 aromatic carbocycles. The van der Waals surface area contributed by atoms with Crippen LogP contribution in [0.15, 0.2) is 30.6 Å². The average molecular weight is 605 g/mol. The zero-order valence-corrected chi connectivity index (χ0v) is 25.4. The van der Waals surface area contributed by atoms with Gasteiger partial charge in [0.2, 0.25) is 0 Å². The molecule has 3 saturated heterocycles. The number of aryl methyl sites for hydroxylation is 1. The van der Waals surface area contributed by atoms with Crippen LogP contribution in [-0.2, 0) is 30.6 Å². The molecule has 1 aromatic heterocycles. The van der Waals surface area contributed by atoms with Crippen LogP contribution in [0.25, 0.3) is 0 Å². The SMILES string of the molecule is C=C(F)C(=O)N1CC2C[C@H]2[C@H]1CNc1nc(OC[C@@]23CCCN2C[C@H](F)C3)nc2c1CCN(c1cccc3c1CCCC3)C2. The monoisotopic (exact) mass is 604 g/mol. The van der Waals surface area contributed by atoms with Gasteiger partial charge in [-0.1, -0.05) is 18.7 Å². The molecular formula is C34H42F2N6O2. The van der Waals surface area contributed by atoms with Crippen molar-refractivity contribution in [1.29, 1.82) is 0 Å². The molecule has 2 aliphatic carbocycles. The zero-order valence-electron chi connectivity index (χ0n) is 25.4. The molecule has 44 heavy (non-hydrogen) atoms. The van der Waals surface area contributed by atoms with E-state index in [9.17, 15) is 13.6 Å². The lowest BCUT2D eigenvalue weighted by atomic mass is 9.89. The Kier molecular flexibility index (Phi) is 7.03. The van der Waals surface area contributed by atoms with Gasteiger partial charge < -0.3 is 19.9 Å². The first-order chi connectivity index (χ1) is 21.4. The summed E-state index contributed by atoms with van der Waals surface area (Å²) in [4.78, 5) is 28.7. The van der Waals surface area contributed by atoms with Gasteiger partial charge in [-0.25, -0.2) is 8.78 Å². The minimum atomic E-state index is -0.905. The minimum Gasteiger partial charge on any atom is -0.461 e. The number of anilines is 2. The Labute approximate surface area is 257 Å². The van der Waals surface area contributed by atoms with Crippen LogP contribution in [0.1, 0.15) is 60.9 Å². The van der Waals surface area contributed by atoms with Crippen molar-refractivity contribution in [2.75, 3.05) is 49.5 Å². The first kappa shape index (κ1) is 28.2. The third kappa shape index (κ3) is 4.93. The summed E-state index contributed by atoms with van der Waals surface area (Å²) >= 11 is 0. The van der Waals surface area contributed by atoms with Crippen molar-refractivity contribution in [3.8, 4) is 6.01 Å². The second kappa shape index (κ2) is 11.0. The molecule has 4 aliphatic heterocycles. The number of likely N-dealkylation sites (tertiary alicyclic amines) is 1. The van der Waals surface area contributed by atoms with E-state index in [4.69, 9.17) is 14.7 Å². The largest absolute Gasteiger partial charge is 0.461 e. The standard InChI is InChI=1S/C34H42F2N6O2/c1-21(35)32(43)42-17-23-14-27(23)30(42)16-37-31-26-10-13-40(29-9-4-7-22-6-2-3-8-25(22)29)19-28(26)38-33(39-31)44-20-34-11-5-12-41(34)18-24(36)15-34/h4,7,9,23-24,27,30H,1-3,5-6,8,10-20H2,(H,37,38,39)/t23?,24-,27-,30-,34+/m1/s1. The van der Waals surface area contributed by atoms with E-state index in [2.05, 4.69) is 39.9 Å². The summed E-state index contributed by atoms with van der Waals surface area (Å²) in [6, 6.07) is 6.89. The fraction of sp³-hybridized carbons (Fsp3) is 0.618. The number of carbonyl (C=O) groups excluding carboxylic acids is 1. The number of rotatable bonds is 8. The second-order valence-corrected chi connectivity index (χ2v) is 13.9. The first-order valence-corrected chi connectivity index (χ1v) is 16.6. The predicted octanol–water partition coefficient (Wildman–Crippen LogP) is 4.62. The maximum absolute atomic E-state index is 14.4. The van der Waals surface area contributed by atoms with Gasteiger partial charge in [-0.05, 0) is 86.9 Å². The number of piperidine rings is 1. The highest BCUT2D eigenvalue weighted by Crippen LogP contribution is 2.50. The molecule has 0 spiro atoms. The summed E-state index contributed by atoms with van der Waals surface area (Å²) < 4.78 is 34.6. The summed E-state index contributed by atoms with van der Waals surface area (Å²) in [5.41, 5.74) is 5.95. The number of hydrogen-bond acceptors (Lipinski definition) is 7. The van der Waals surface area contributed by atoms with Crippen LogP contribution in [0.4, 0.5) is 20.3 Å². The van der Waals surface area contributed by atoms with E-state index < -0.39 is 17.9 Å². The minimum absolute atomic E-state index is 0.100. The highest BCUT2D eigenvalue weighted by atomic mass is 19.1. The van der Waals surface area contributed by atoms with E-state index in [1.807, 2.05) is 0 Å². The number of carbonyl (C=O) groups is 1. The van der Waals surface area contributed by atoms with Crippen LogP contribution >= 0.6 is 0 Å². The number of benzene rings is 1. The molecule has 234 valence electrons. The predicted molar refractivity (Wildman–Crippen MR) is 164 cm³/mol. The second-order valence-electron chi connectivity index (χ2n) is 13.9. The summed E-state index contributed by atoms with van der Waals surface area (Å²) in [5, 5.41) is 3.55. The number of amides is 1. The molecule has 1 unspecified atom stereocenters. The highest BCUT2D eigenvalue weighted by molar-refractivity contribution is 5.91. The van der Waals surface area contributed by atoms with E-state index >= 15 is 0 Å². The fourth-order valence-electron chi connectivity index (χ4n) is 8.95. The van der Waals surface area contributed by atoms with Crippen molar-refractivity contribution in [3.63, 3.8) is 0 Å². The smallest absolute Gasteiger partial charge is 0.318 e. The van der Waals surface area contributed by atoms with Crippen molar-refractivity contribution < 1.29 is 18.3 Å². The molecule has 10 heteroatoms. The van der Waals surface area contributed by atoms with Crippen molar-refractivity contribution in [2.45, 2.75) is 82.1 Å². The Morgan fingerprint density at radius 3 is 2.89 bits per heavy atom. The number of aromatic nitrogens is 2. The van der Waals surface area contributed by atoms with Gasteiger partial charge in [-0.3, -0.25) is 9.69 Å². The third-order valence-electron chi connectivity index (χ3n) is 11.3. The van der Waals surface area contributed by atoms with E-state index in [0.717, 1.165) is 68.7 Å². The van der Waals surface area contributed by atoms with Gasteiger partial charge in [0.05, 0.1) is 23.8 Å². The lowest BCUT2D eigenvalue weighted by molar-refractivity contribution is -0.129.